The van der Waals surface area contributed by atoms with Crippen molar-refractivity contribution in [3.8, 4) is 5.88 Å². The zero-order valence-corrected chi connectivity index (χ0v) is 10.9. The predicted octanol–water partition coefficient (Wildman–Crippen LogP) is -3.31. The van der Waals surface area contributed by atoms with Crippen LogP contribution in [0.15, 0.2) is 14.7 Å². The number of quaternary nitrogens is 1. The van der Waals surface area contributed by atoms with E-state index in [0.29, 0.717) is 5.71 Å². The third-order valence-electron chi connectivity index (χ3n) is 3.15. The monoisotopic (exact) mass is 267 g/mol. The summed E-state index contributed by atoms with van der Waals surface area (Å²) in [6, 6.07) is 0. The summed E-state index contributed by atoms with van der Waals surface area (Å²) in [7, 11) is 2.11. The van der Waals surface area contributed by atoms with Crippen LogP contribution in [0.2, 0.25) is 0 Å². The Bertz CT molecular complexity index is 595. The lowest BCUT2D eigenvalue weighted by Gasteiger charge is -2.28. The molecule has 3 N–H and O–H groups in total. The van der Waals surface area contributed by atoms with Gasteiger partial charge in [0.25, 0.3) is 5.56 Å². The smallest absolute Gasteiger partial charge is 0.325 e. The van der Waals surface area contributed by atoms with Crippen LogP contribution in [0.4, 0.5) is 0 Å². The third kappa shape index (κ3) is 3.02. The van der Waals surface area contributed by atoms with Crippen LogP contribution in [-0.2, 0) is 0 Å². The van der Waals surface area contributed by atoms with E-state index in [1.54, 1.807) is 6.92 Å². The van der Waals surface area contributed by atoms with Crippen LogP contribution in [0.3, 0.4) is 0 Å². The number of aromatic nitrogens is 2. The molecule has 1 saturated heterocycles. The summed E-state index contributed by atoms with van der Waals surface area (Å²) >= 11 is 0. The van der Waals surface area contributed by atoms with Gasteiger partial charge >= 0.3 is 5.69 Å². The van der Waals surface area contributed by atoms with Crippen molar-refractivity contribution in [3.63, 3.8) is 0 Å². The van der Waals surface area contributed by atoms with E-state index in [4.69, 9.17) is 0 Å². The minimum absolute atomic E-state index is 0.106. The third-order valence-corrected chi connectivity index (χ3v) is 3.15. The molecule has 2 heterocycles. The zero-order chi connectivity index (χ0) is 14.0. The van der Waals surface area contributed by atoms with Crippen molar-refractivity contribution >= 4 is 5.71 Å². The molecule has 8 heteroatoms. The lowest BCUT2D eigenvalue weighted by molar-refractivity contribution is -0.884. The molecule has 1 aromatic heterocycles. The Morgan fingerprint density at radius 3 is 2.53 bits per heavy atom. The van der Waals surface area contributed by atoms with Crippen molar-refractivity contribution < 1.29 is 10.0 Å². The van der Waals surface area contributed by atoms with E-state index in [1.165, 1.54) is 4.90 Å². The number of hydrogen-bond donors (Lipinski definition) is 3. The van der Waals surface area contributed by atoms with Crippen molar-refractivity contribution in [2.24, 2.45) is 5.10 Å². The normalized spacial score (nSPS) is 17.8. The minimum atomic E-state index is -0.797. The fourth-order valence-corrected chi connectivity index (χ4v) is 2.03. The van der Waals surface area contributed by atoms with Crippen molar-refractivity contribution in [1.82, 2.24) is 15.0 Å². The molecule has 0 saturated carbocycles. The standard InChI is InChI=1S/C11H17N5O3/c1-7(14-16-5-3-15(2)4-6-16)8-9(17)12-11(19)13-10(8)18/h3-6H2,1-2H3,(H3,12,13,17,18,19). The molecule has 1 aromatic rings. The number of hydrazone groups is 1. The maximum absolute atomic E-state index is 11.6. The highest BCUT2D eigenvalue weighted by atomic mass is 16.3. The zero-order valence-electron chi connectivity index (χ0n) is 10.9. The van der Waals surface area contributed by atoms with Crippen molar-refractivity contribution in [2.45, 2.75) is 6.92 Å². The molecule has 8 nitrogen and oxygen atoms in total. The Hall–Kier alpha value is -2.09. The molecular formula is C11H17N5O3. The maximum Gasteiger partial charge on any atom is 0.325 e. The van der Waals surface area contributed by atoms with Crippen LogP contribution in [0.25, 0.3) is 0 Å². The molecule has 0 amide bonds. The molecule has 0 aliphatic carbocycles. The first kappa shape index (κ1) is 13.3. The Labute approximate surface area is 109 Å². The molecule has 1 aliphatic heterocycles. The van der Waals surface area contributed by atoms with Crippen LogP contribution >= 0.6 is 0 Å². The molecular weight excluding hydrogens is 250 g/mol. The summed E-state index contributed by atoms with van der Waals surface area (Å²) in [4.78, 5) is 28.1. The van der Waals surface area contributed by atoms with Gasteiger partial charge in [0.05, 0.1) is 44.5 Å². The van der Waals surface area contributed by atoms with Gasteiger partial charge in [0, 0.05) is 0 Å². The molecule has 0 spiro atoms. The van der Waals surface area contributed by atoms with Gasteiger partial charge in [-0.05, 0) is 12.8 Å². The van der Waals surface area contributed by atoms with Crippen LogP contribution in [0.1, 0.15) is 12.5 Å². The van der Waals surface area contributed by atoms with Gasteiger partial charge in [0.15, 0.2) is 0 Å². The minimum Gasteiger partial charge on any atom is -0.860 e. The number of rotatable bonds is 2. The van der Waals surface area contributed by atoms with E-state index < -0.39 is 17.1 Å². The summed E-state index contributed by atoms with van der Waals surface area (Å²) in [6.45, 7) is 5.07. The van der Waals surface area contributed by atoms with Crippen LogP contribution < -0.4 is 21.3 Å². The van der Waals surface area contributed by atoms with Gasteiger partial charge in [-0.15, -0.1) is 0 Å². The molecule has 0 atom stereocenters. The number of H-pyrrole nitrogens is 2. The lowest BCUT2D eigenvalue weighted by atomic mass is 10.2. The molecule has 0 bridgehead atoms. The molecule has 1 aliphatic rings. The number of aromatic amines is 2. The molecule has 0 unspecified atom stereocenters. The molecule has 0 aromatic carbocycles. The summed E-state index contributed by atoms with van der Waals surface area (Å²) in [5, 5.41) is 17.7. The van der Waals surface area contributed by atoms with Crippen LogP contribution in [0.5, 0.6) is 5.88 Å². The Kier molecular flexibility index (Phi) is 3.70. The maximum atomic E-state index is 11.6. The summed E-state index contributed by atoms with van der Waals surface area (Å²) in [6.07, 6.45) is 0. The highest BCUT2D eigenvalue weighted by Gasteiger charge is 2.16. The number of nitrogens with one attached hydrogen (secondary N) is 3. The van der Waals surface area contributed by atoms with E-state index >= 15 is 0 Å². The fraction of sp³-hybridized carbons (Fsp3) is 0.545. The SMILES string of the molecule is CC(=NN1CC[NH+](C)CC1)c1c([O-])[nH]c(=O)[nH]c1=O. The van der Waals surface area contributed by atoms with Gasteiger partial charge < -0.3 is 15.0 Å². The number of nitrogens with zero attached hydrogens (tertiary/aromatic N) is 2. The van der Waals surface area contributed by atoms with Crippen molar-refractivity contribution in [1.29, 1.82) is 0 Å². The molecule has 19 heavy (non-hydrogen) atoms. The molecule has 1 fully saturated rings. The van der Waals surface area contributed by atoms with Crippen LogP contribution in [0, 0.1) is 0 Å². The van der Waals surface area contributed by atoms with Gasteiger partial charge in [0.2, 0.25) is 0 Å². The Morgan fingerprint density at radius 1 is 1.32 bits per heavy atom. The van der Waals surface area contributed by atoms with Gasteiger partial charge in [-0.1, -0.05) is 0 Å². The largest absolute Gasteiger partial charge is 0.860 e. The number of piperazine rings is 1. The van der Waals surface area contributed by atoms with Crippen molar-refractivity contribution in [2.75, 3.05) is 33.2 Å². The summed E-state index contributed by atoms with van der Waals surface area (Å²) in [5.41, 5.74) is -1.28. The van der Waals surface area contributed by atoms with Gasteiger partial charge in [-0.2, -0.15) is 5.10 Å². The van der Waals surface area contributed by atoms with E-state index in [0.717, 1.165) is 26.2 Å². The van der Waals surface area contributed by atoms with Gasteiger partial charge in [-0.3, -0.25) is 14.8 Å². The average molecular weight is 267 g/mol. The second-order valence-electron chi connectivity index (χ2n) is 4.71. The second-order valence-corrected chi connectivity index (χ2v) is 4.71. The average Bonchev–Trinajstić information content (AvgIpc) is 2.30. The first-order valence-electron chi connectivity index (χ1n) is 6.13. The molecule has 0 radical (unpaired) electrons. The van der Waals surface area contributed by atoms with Gasteiger partial charge in [0.1, 0.15) is 0 Å². The highest BCUT2D eigenvalue weighted by molar-refractivity contribution is 5.99. The first-order chi connectivity index (χ1) is 8.97. The van der Waals surface area contributed by atoms with Crippen molar-refractivity contribution in [3.05, 3.63) is 26.4 Å². The summed E-state index contributed by atoms with van der Waals surface area (Å²) in [5.74, 6) is -0.699. The highest BCUT2D eigenvalue weighted by Crippen LogP contribution is 2.04. The number of likely N-dealkylation sites (N-methyl/N-ethyl adjacent to an activating group) is 1. The predicted molar refractivity (Wildman–Crippen MR) is 67.5 cm³/mol. The van der Waals surface area contributed by atoms with Crippen LogP contribution in [-0.4, -0.2) is 53.9 Å². The quantitative estimate of drug-likeness (QED) is 0.487. The molecule has 2 rings (SSSR count). The summed E-state index contributed by atoms with van der Waals surface area (Å²) < 4.78 is 0. The number of hydrogen-bond acceptors (Lipinski definition) is 5. The van der Waals surface area contributed by atoms with Gasteiger partial charge in [-0.25, -0.2) is 4.79 Å². The fourth-order valence-electron chi connectivity index (χ4n) is 2.03. The Morgan fingerprint density at radius 2 is 1.95 bits per heavy atom. The lowest BCUT2D eigenvalue weighted by Crippen LogP contribution is -3.11. The second kappa shape index (κ2) is 5.27. The first-order valence-corrected chi connectivity index (χ1v) is 6.13. The van der Waals surface area contributed by atoms with E-state index in [9.17, 15) is 14.7 Å². The van der Waals surface area contributed by atoms with E-state index in [2.05, 4.69) is 12.1 Å². The topological polar surface area (TPSA) is 109 Å². The van der Waals surface area contributed by atoms with E-state index in [-0.39, 0.29) is 5.56 Å². The van der Waals surface area contributed by atoms with E-state index in [1.807, 2.05) is 15.0 Å². The Balaban J connectivity index is 2.27. The molecule has 104 valence electrons.